The highest BCUT2D eigenvalue weighted by molar-refractivity contribution is 7.13. The molecule has 5 nitrogen and oxygen atoms in total. The number of carbonyl (C=O) groups is 1. The summed E-state index contributed by atoms with van der Waals surface area (Å²) in [6, 6.07) is 8.01. The minimum absolute atomic E-state index is 0.0547. The largest absolute Gasteiger partial charge is 0.339 e. The summed E-state index contributed by atoms with van der Waals surface area (Å²) >= 11 is 1.56. The minimum Gasteiger partial charge on any atom is -0.339 e. The van der Waals surface area contributed by atoms with Crippen LogP contribution in [0.2, 0.25) is 0 Å². The molecule has 0 aliphatic carbocycles. The van der Waals surface area contributed by atoms with E-state index in [0.29, 0.717) is 24.6 Å². The predicted octanol–water partition coefficient (Wildman–Crippen LogP) is 4.29. The van der Waals surface area contributed by atoms with Gasteiger partial charge in [-0.2, -0.15) is 4.98 Å². The van der Waals surface area contributed by atoms with Gasteiger partial charge in [0.15, 0.2) is 0 Å². The zero-order chi connectivity index (χ0) is 17.1. The maximum absolute atomic E-state index is 12.2. The number of nitrogens with one attached hydrogen (secondary N) is 1. The van der Waals surface area contributed by atoms with Gasteiger partial charge < -0.3 is 9.84 Å². The van der Waals surface area contributed by atoms with Crippen molar-refractivity contribution < 1.29 is 9.32 Å². The Bertz CT molecular complexity index is 830. The summed E-state index contributed by atoms with van der Waals surface area (Å²) in [5, 5.41) is 8.90. The highest BCUT2D eigenvalue weighted by atomic mass is 32.1. The van der Waals surface area contributed by atoms with Gasteiger partial charge in [-0.15, -0.1) is 11.3 Å². The van der Waals surface area contributed by atoms with E-state index < -0.39 is 0 Å². The number of thiophene rings is 1. The van der Waals surface area contributed by atoms with Gasteiger partial charge in [-0.3, -0.25) is 4.79 Å². The molecular formula is C18H19N3O2S. The number of hydrogen-bond donors (Lipinski definition) is 1. The van der Waals surface area contributed by atoms with Crippen LogP contribution < -0.4 is 5.32 Å². The quantitative estimate of drug-likeness (QED) is 0.751. The van der Waals surface area contributed by atoms with E-state index in [1.807, 2.05) is 38.3 Å². The number of benzene rings is 1. The van der Waals surface area contributed by atoms with E-state index in [1.165, 1.54) is 5.56 Å². The molecule has 24 heavy (non-hydrogen) atoms. The van der Waals surface area contributed by atoms with Gasteiger partial charge in [0.2, 0.25) is 17.6 Å². The van der Waals surface area contributed by atoms with Gasteiger partial charge in [0, 0.05) is 18.5 Å². The van der Waals surface area contributed by atoms with Gasteiger partial charge in [-0.25, -0.2) is 0 Å². The highest BCUT2D eigenvalue weighted by Gasteiger charge is 2.13. The van der Waals surface area contributed by atoms with E-state index in [-0.39, 0.29) is 5.91 Å². The third-order valence-corrected chi connectivity index (χ3v) is 4.58. The molecule has 1 aromatic carbocycles. The highest BCUT2D eigenvalue weighted by Crippen LogP contribution is 2.23. The summed E-state index contributed by atoms with van der Waals surface area (Å²) in [7, 11) is 0. The van der Waals surface area contributed by atoms with Crippen molar-refractivity contribution in [1.82, 2.24) is 10.1 Å². The lowest BCUT2D eigenvalue weighted by atomic mass is 10.0. The molecule has 0 unspecified atom stereocenters. The van der Waals surface area contributed by atoms with Crippen LogP contribution in [0.4, 0.5) is 5.69 Å². The molecule has 2 aromatic heterocycles. The number of aromatic nitrogens is 2. The van der Waals surface area contributed by atoms with Crippen LogP contribution in [0.5, 0.6) is 0 Å². The van der Waals surface area contributed by atoms with Crippen LogP contribution in [0.3, 0.4) is 0 Å². The van der Waals surface area contributed by atoms with Crippen molar-refractivity contribution in [2.75, 3.05) is 5.32 Å². The second-order valence-electron chi connectivity index (χ2n) is 5.81. The molecule has 0 bridgehead atoms. The molecule has 0 fully saturated rings. The lowest BCUT2D eigenvalue weighted by Gasteiger charge is -2.12. The lowest BCUT2D eigenvalue weighted by Crippen LogP contribution is -2.14. The zero-order valence-corrected chi connectivity index (χ0v) is 14.7. The summed E-state index contributed by atoms with van der Waals surface area (Å²) in [5.41, 5.74) is 4.21. The third kappa shape index (κ3) is 3.71. The van der Waals surface area contributed by atoms with Crippen molar-refractivity contribution in [2.24, 2.45) is 0 Å². The van der Waals surface area contributed by atoms with Gasteiger partial charge in [0.25, 0.3) is 0 Å². The molecular weight excluding hydrogens is 322 g/mol. The first-order chi connectivity index (χ1) is 11.5. The van der Waals surface area contributed by atoms with E-state index in [2.05, 4.69) is 27.6 Å². The van der Waals surface area contributed by atoms with Crippen molar-refractivity contribution in [2.45, 2.75) is 33.6 Å². The van der Waals surface area contributed by atoms with E-state index >= 15 is 0 Å². The summed E-state index contributed by atoms with van der Waals surface area (Å²) in [6.07, 6.45) is 0.729. The topological polar surface area (TPSA) is 68.0 Å². The fourth-order valence-electron chi connectivity index (χ4n) is 2.66. The Morgan fingerprint density at radius 3 is 2.67 bits per heavy atom. The molecule has 3 aromatic rings. The number of amides is 1. The van der Waals surface area contributed by atoms with Crippen LogP contribution in [-0.2, 0) is 11.2 Å². The predicted molar refractivity (Wildman–Crippen MR) is 95.2 cm³/mol. The van der Waals surface area contributed by atoms with E-state index in [4.69, 9.17) is 4.52 Å². The summed E-state index contributed by atoms with van der Waals surface area (Å²) in [4.78, 5) is 17.5. The molecule has 3 rings (SSSR count). The number of hydrogen-bond acceptors (Lipinski definition) is 5. The number of nitrogens with zero attached hydrogens (tertiary/aromatic N) is 2. The van der Waals surface area contributed by atoms with Gasteiger partial charge in [0.05, 0.1) is 4.88 Å². The molecule has 1 amide bonds. The normalized spacial score (nSPS) is 10.8. The van der Waals surface area contributed by atoms with Crippen molar-refractivity contribution in [1.29, 1.82) is 0 Å². The lowest BCUT2D eigenvalue weighted by molar-refractivity contribution is -0.116. The van der Waals surface area contributed by atoms with Crippen LogP contribution in [0, 0.1) is 20.8 Å². The smallest absolute Gasteiger partial charge is 0.227 e. The Hall–Kier alpha value is -2.47. The van der Waals surface area contributed by atoms with E-state index in [1.54, 1.807) is 11.3 Å². The molecule has 1 N–H and O–H groups in total. The Labute approximate surface area is 144 Å². The Balaban J connectivity index is 1.60. The van der Waals surface area contributed by atoms with Crippen LogP contribution >= 0.6 is 11.3 Å². The first kappa shape index (κ1) is 16.4. The van der Waals surface area contributed by atoms with Crippen LogP contribution in [0.25, 0.3) is 10.7 Å². The summed E-state index contributed by atoms with van der Waals surface area (Å²) < 4.78 is 5.22. The molecule has 124 valence electrons. The van der Waals surface area contributed by atoms with Crippen LogP contribution in [-0.4, -0.2) is 16.0 Å². The van der Waals surface area contributed by atoms with Crippen molar-refractivity contribution in [3.05, 3.63) is 52.2 Å². The number of aryl methyl sites for hydroxylation is 4. The summed E-state index contributed by atoms with van der Waals surface area (Å²) in [5.74, 6) is 0.998. The molecule has 0 aliphatic rings. The monoisotopic (exact) mass is 341 g/mol. The molecule has 6 heteroatoms. The molecule has 0 atom stereocenters. The van der Waals surface area contributed by atoms with E-state index in [9.17, 15) is 4.79 Å². The summed E-state index contributed by atoms with van der Waals surface area (Å²) in [6.45, 7) is 6.05. The Morgan fingerprint density at radius 1 is 1.25 bits per heavy atom. The number of carbonyl (C=O) groups excluding carboxylic acids is 1. The molecule has 0 spiro atoms. The van der Waals surface area contributed by atoms with Crippen LogP contribution in [0.15, 0.2) is 34.2 Å². The zero-order valence-electron chi connectivity index (χ0n) is 13.9. The third-order valence-electron chi connectivity index (χ3n) is 3.72. The Kier molecular flexibility index (Phi) is 4.76. The maximum atomic E-state index is 12.2. The fourth-order valence-corrected chi connectivity index (χ4v) is 3.31. The first-order valence-electron chi connectivity index (χ1n) is 7.77. The second-order valence-corrected chi connectivity index (χ2v) is 6.76. The second kappa shape index (κ2) is 6.97. The fraction of sp³-hybridized carbons (Fsp3) is 0.278. The SMILES string of the molecule is Cc1cc(C)c(NC(=O)CCc2nc(-c3cccs3)no2)c(C)c1. The number of anilines is 1. The molecule has 0 saturated heterocycles. The average Bonchev–Trinajstić information content (AvgIpc) is 3.19. The molecule has 0 saturated carbocycles. The van der Waals surface area contributed by atoms with E-state index in [0.717, 1.165) is 21.7 Å². The van der Waals surface area contributed by atoms with Gasteiger partial charge in [0.1, 0.15) is 0 Å². The van der Waals surface area contributed by atoms with Gasteiger partial charge in [-0.05, 0) is 43.3 Å². The minimum atomic E-state index is -0.0547. The van der Waals surface area contributed by atoms with Gasteiger partial charge in [-0.1, -0.05) is 28.9 Å². The molecule has 2 heterocycles. The maximum Gasteiger partial charge on any atom is 0.227 e. The van der Waals surface area contributed by atoms with Crippen LogP contribution in [0.1, 0.15) is 29.0 Å². The van der Waals surface area contributed by atoms with Crippen molar-refractivity contribution in [3.8, 4) is 10.7 Å². The first-order valence-corrected chi connectivity index (χ1v) is 8.65. The van der Waals surface area contributed by atoms with Gasteiger partial charge >= 0.3 is 0 Å². The average molecular weight is 341 g/mol. The Morgan fingerprint density at radius 2 is 2.00 bits per heavy atom. The molecule has 0 radical (unpaired) electrons. The number of rotatable bonds is 5. The standard InChI is InChI=1S/C18H19N3O2S/c1-11-9-12(2)17(13(3)10-11)19-15(22)6-7-16-20-18(21-23-16)14-5-4-8-24-14/h4-5,8-10H,6-7H2,1-3H3,(H,19,22). The molecule has 0 aliphatic heterocycles. The van der Waals surface area contributed by atoms with Crippen molar-refractivity contribution >= 4 is 22.9 Å². The van der Waals surface area contributed by atoms with Crippen molar-refractivity contribution in [3.63, 3.8) is 0 Å².